The van der Waals surface area contributed by atoms with E-state index in [-0.39, 0.29) is 18.4 Å². The number of hydrogen-bond donors (Lipinski definition) is 2. The van der Waals surface area contributed by atoms with Crippen molar-refractivity contribution in [1.82, 2.24) is 9.80 Å². The predicted octanol–water partition coefficient (Wildman–Crippen LogP) is -0.147. The Morgan fingerprint density at radius 1 is 1.21 bits per heavy atom. The molecule has 2 heterocycles. The summed E-state index contributed by atoms with van der Waals surface area (Å²) >= 11 is 0. The first-order chi connectivity index (χ1) is 8.99. The van der Waals surface area contributed by atoms with E-state index in [1.165, 1.54) is 4.90 Å². The Hall–Kier alpha value is -1.79. The van der Waals surface area contributed by atoms with Crippen molar-refractivity contribution in [2.45, 2.75) is 31.7 Å². The minimum absolute atomic E-state index is 0.0103. The van der Waals surface area contributed by atoms with Gasteiger partial charge in [-0.15, -0.1) is 0 Å². The van der Waals surface area contributed by atoms with Crippen LogP contribution in [0.25, 0.3) is 0 Å². The molecule has 0 aromatic heterocycles. The third-order valence-electron chi connectivity index (χ3n) is 3.85. The maximum Gasteiger partial charge on any atom is 0.320 e. The van der Waals surface area contributed by atoms with Crippen molar-refractivity contribution in [3.05, 3.63) is 0 Å². The standard InChI is InChI=1S/C12H19N3O4/c13-11(18)9-2-1-4-15(9)12(19)14-5-3-8(7-14)6-10(16)17/h8-9H,1-7H2,(H2,13,18)(H,16,17). The average Bonchev–Trinajstić information content (AvgIpc) is 2.94. The lowest BCUT2D eigenvalue weighted by Crippen LogP contribution is -2.49. The number of hydrogen-bond acceptors (Lipinski definition) is 3. The first-order valence-electron chi connectivity index (χ1n) is 6.55. The van der Waals surface area contributed by atoms with Gasteiger partial charge in [0.15, 0.2) is 0 Å². The van der Waals surface area contributed by atoms with Crippen molar-refractivity contribution in [2.75, 3.05) is 19.6 Å². The smallest absolute Gasteiger partial charge is 0.320 e. The van der Waals surface area contributed by atoms with E-state index in [9.17, 15) is 14.4 Å². The first kappa shape index (κ1) is 13.6. The summed E-state index contributed by atoms with van der Waals surface area (Å²) in [5.41, 5.74) is 5.29. The van der Waals surface area contributed by atoms with Crippen LogP contribution in [0.4, 0.5) is 4.79 Å². The molecule has 2 unspecified atom stereocenters. The highest BCUT2D eigenvalue weighted by atomic mass is 16.4. The maximum absolute atomic E-state index is 12.3. The molecule has 0 spiro atoms. The molecule has 3 amide bonds. The van der Waals surface area contributed by atoms with Crippen molar-refractivity contribution in [3.8, 4) is 0 Å². The third-order valence-corrected chi connectivity index (χ3v) is 3.85. The molecule has 7 nitrogen and oxygen atoms in total. The number of primary amides is 1. The van der Waals surface area contributed by atoms with Crippen molar-refractivity contribution >= 4 is 17.9 Å². The molecule has 2 aliphatic rings. The first-order valence-corrected chi connectivity index (χ1v) is 6.55. The minimum atomic E-state index is -0.838. The largest absolute Gasteiger partial charge is 0.481 e. The van der Waals surface area contributed by atoms with E-state index in [1.807, 2.05) is 0 Å². The lowest BCUT2D eigenvalue weighted by Gasteiger charge is -2.27. The van der Waals surface area contributed by atoms with E-state index in [2.05, 4.69) is 0 Å². The lowest BCUT2D eigenvalue weighted by molar-refractivity contribution is -0.138. The number of amides is 3. The number of nitrogens with zero attached hydrogens (tertiary/aromatic N) is 2. The number of carboxylic acids is 1. The second-order valence-electron chi connectivity index (χ2n) is 5.23. The highest BCUT2D eigenvalue weighted by Gasteiger charge is 2.37. The second-order valence-corrected chi connectivity index (χ2v) is 5.23. The van der Waals surface area contributed by atoms with Crippen molar-refractivity contribution in [2.24, 2.45) is 11.7 Å². The third kappa shape index (κ3) is 2.97. The summed E-state index contributed by atoms with van der Waals surface area (Å²) in [5.74, 6) is -1.29. The van der Waals surface area contributed by atoms with Gasteiger partial charge in [0.25, 0.3) is 0 Å². The van der Waals surface area contributed by atoms with Gasteiger partial charge in [0, 0.05) is 26.1 Å². The molecule has 2 saturated heterocycles. The van der Waals surface area contributed by atoms with Gasteiger partial charge >= 0.3 is 12.0 Å². The van der Waals surface area contributed by atoms with Gasteiger partial charge in [-0.1, -0.05) is 0 Å². The molecular formula is C12H19N3O4. The quantitative estimate of drug-likeness (QED) is 0.743. The molecule has 0 aromatic carbocycles. The molecule has 0 bridgehead atoms. The van der Waals surface area contributed by atoms with Crippen LogP contribution in [0, 0.1) is 5.92 Å². The van der Waals surface area contributed by atoms with Crippen LogP contribution in [0.1, 0.15) is 25.7 Å². The molecule has 7 heteroatoms. The van der Waals surface area contributed by atoms with E-state index >= 15 is 0 Å². The normalized spacial score (nSPS) is 26.7. The Balaban J connectivity index is 1.94. The lowest BCUT2D eigenvalue weighted by atomic mass is 10.1. The summed E-state index contributed by atoms with van der Waals surface area (Å²) in [7, 11) is 0. The van der Waals surface area contributed by atoms with Gasteiger partial charge < -0.3 is 20.6 Å². The molecule has 0 aromatic rings. The van der Waals surface area contributed by atoms with E-state index < -0.39 is 17.9 Å². The molecule has 2 aliphatic heterocycles. The van der Waals surface area contributed by atoms with Crippen LogP contribution in [0.5, 0.6) is 0 Å². The Morgan fingerprint density at radius 2 is 1.95 bits per heavy atom. The molecular weight excluding hydrogens is 250 g/mol. The van der Waals surface area contributed by atoms with Crippen LogP contribution in [0.15, 0.2) is 0 Å². The molecule has 19 heavy (non-hydrogen) atoms. The molecule has 2 atom stereocenters. The summed E-state index contributed by atoms with van der Waals surface area (Å²) in [5, 5.41) is 8.75. The molecule has 0 radical (unpaired) electrons. The van der Waals surface area contributed by atoms with Gasteiger partial charge in [0.05, 0.1) is 0 Å². The Labute approximate surface area is 111 Å². The van der Waals surface area contributed by atoms with Crippen LogP contribution in [0.3, 0.4) is 0 Å². The number of carboxylic acid groups (broad SMARTS) is 1. The number of carbonyl (C=O) groups is 3. The van der Waals surface area contributed by atoms with Crippen molar-refractivity contribution in [3.63, 3.8) is 0 Å². The van der Waals surface area contributed by atoms with Crippen LogP contribution in [-0.4, -0.2) is 58.5 Å². The fraction of sp³-hybridized carbons (Fsp3) is 0.750. The second kappa shape index (κ2) is 5.46. The van der Waals surface area contributed by atoms with E-state index in [0.29, 0.717) is 32.5 Å². The van der Waals surface area contributed by atoms with Crippen molar-refractivity contribution in [1.29, 1.82) is 0 Å². The summed E-state index contributed by atoms with van der Waals surface area (Å²) in [6, 6.07) is -0.694. The van der Waals surface area contributed by atoms with Crippen LogP contribution < -0.4 is 5.73 Å². The molecule has 2 rings (SSSR count). The van der Waals surface area contributed by atoms with Crippen LogP contribution in [-0.2, 0) is 9.59 Å². The Kier molecular flexibility index (Phi) is 3.92. The summed E-state index contributed by atoms with van der Waals surface area (Å²) < 4.78 is 0. The van der Waals surface area contributed by atoms with Gasteiger partial charge in [-0.2, -0.15) is 0 Å². The minimum Gasteiger partial charge on any atom is -0.481 e. The number of likely N-dealkylation sites (tertiary alicyclic amines) is 2. The van der Waals surface area contributed by atoms with E-state index in [0.717, 1.165) is 6.42 Å². The summed E-state index contributed by atoms with van der Waals surface area (Å²) in [6.07, 6.45) is 2.19. The van der Waals surface area contributed by atoms with Crippen molar-refractivity contribution < 1.29 is 19.5 Å². The Morgan fingerprint density at radius 3 is 2.58 bits per heavy atom. The van der Waals surface area contributed by atoms with Gasteiger partial charge in [0.1, 0.15) is 6.04 Å². The zero-order valence-corrected chi connectivity index (χ0v) is 10.7. The molecule has 0 aliphatic carbocycles. The highest BCUT2D eigenvalue weighted by Crippen LogP contribution is 2.24. The van der Waals surface area contributed by atoms with Gasteiger partial charge in [0.2, 0.25) is 5.91 Å². The van der Waals surface area contributed by atoms with Gasteiger partial charge in [-0.3, -0.25) is 9.59 Å². The topological polar surface area (TPSA) is 104 Å². The number of rotatable bonds is 3. The zero-order valence-electron chi connectivity index (χ0n) is 10.7. The highest BCUT2D eigenvalue weighted by molar-refractivity contribution is 5.86. The molecule has 0 saturated carbocycles. The maximum atomic E-state index is 12.3. The van der Waals surface area contributed by atoms with Gasteiger partial charge in [-0.25, -0.2) is 4.79 Å². The monoisotopic (exact) mass is 269 g/mol. The summed E-state index contributed by atoms with van der Waals surface area (Å²) in [4.78, 5) is 37.4. The molecule has 3 N–H and O–H groups in total. The Bertz CT molecular complexity index is 398. The number of carbonyl (C=O) groups excluding carboxylic acids is 2. The summed E-state index contributed by atoms with van der Waals surface area (Å²) in [6.45, 7) is 1.55. The fourth-order valence-corrected chi connectivity index (χ4v) is 2.89. The SMILES string of the molecule is NC(=O)C1CCCN1C(=O)N1CCC(CC(=O)O)C1. The molecule has 106 valence electrons. The zero-order chi connectivity index (χ0) is 14.0. The molecule has 2 fully saturated rings. The van der Waals surface area contributed by atoms with E-state index in [4.69, 9.17) is 10.8 Å². The van der Waals surface area contributed by atoms with Crippen LogP contribution >= 0.6 is 0 Å². The van der Waals surface area contributed by atoms with Crippen LogP contribution in [0.2, 0.25) is 0 Å². The predicted molar refractivity (Wildman–Crippen MR) is 66.3 cm³/mol. The average molecular weight is 269 g/mol. The number of urea groups is 1. The number of nitrogens with two attached hydrogens (primary N) is 1. The van der Waals surface area contributed by atoms with E-state index in [1.54, 1.807) is 4.90 Å². The number of aliphatic carboxylic acids is 1. The van der Waals surface area contributed by atoms with Gasteiger partial charge in [-0.05, 0) is 25.2 Å². The fourth-order valence-electron chi connectivity index (χ4n) is 2.89.